The van der Waals surface area contributed by atoms with E-state index in [1.54, 1.807) is 14.2 Å². The number of hydrogen-bond acceptors (Lipinski definition) is 4. The SMILES string of the molecule is COc1cc(OC)c2c(c1)ncc1c(C)[nH]nc12. The lowest BCUT2D eigenvalue weighted by atomic mass is 10.1. The standard InChI is InChI=1S/C13H13N3O2/c1-7-9-6-14-10-4-8(17-2)5-11(18-3)12(10)13(9)16-15-7/h4-6H,1-3H3,(H,15,16). The van der Waals surface area contributed by atoms with Gasteiger partial charge in [0.2, 0.25) is 0 Å². The van der Waals surface area contributed by atoms with E-state index in [0.717, 1.165) is 33.2 Å². The molecule has 0 saturated carbocycles. The Kier molecular flexibility index (Phi) is 2.33. The van der Waals surface area contributed by atoms with Crippen LogP contribution >= 0.6 is 0 Å². The molecule has 0 spiro atoms. The van der Waals surface area contributed by atoms with Crippen molar-refractivity contribution in [1.29, 1.82) is 0 Å². The summed E-state index contributed by atoms with van der Waals surface area (Å²) in [6, 6.07) is 3.72. The summed E-state index contributed by atoms with van der Waals surface area (Å²) in [7, 11) is 3.25. The molecule has 1 N–H and O–H groups in total. The number of benzene rings is 1. The number of H-pyrrole nitrogens is 1. The number of hydrogen-bond donors (Lipinski definition) is 1. The quantitative estimate of drug-likeness (QED) is 0.751. The maximum Gasteiger partial charge on any atom is 0.134 e. The van der Waals surface area contributed by atoms with Crippen LogP contribution in [-0.4, -0.2) is 29.4 Å². The second-order valence-corrected chi connectivity index (χ2v) is 4.09. The number of methoxy groups -OCH3 is 2. The average molecular weight is 243 g/mol. The molecule has 5 nitrogen and oxygen atoms in total. The molecule has 1 aromatic carbocycles. The number of ether oxygens (including phenoxy) is 2. The van der Waals surface area contributed by atoms with Gasteiger partial charge in [0.1, 0.15) is 17.0 Å². The first-order valence-electron chi connectivity index (χ1n) is 5.60. The second kappa shape index (κ2) is 3.87. The minimum absolute atomic E-state index is 0.717. The Balaban J connectivity index is 2.48. The molecular formula is C13H13N3O2. The van der Waals surface area contributed by atoms with Crippen LogP contribution in [0.2, 0.25) is 0 Å². The summed E-state index contributed by atoms with van der Waals surface area (Å²) in [5.74, 6) is 1.44. The Labute approximate surface area is 104 Å². The fourth-order valence-electron chi connectivity index (χ4n) is 2.12. The Hall–Kier alpha value is -2.30. The van der Waals surface area contributed by atoms with Gasteiger partial charge in [-0.15, -0.1) is 0 Å². The third kappa shape index (κ3) is 1.40. The molecule has 5 heteroatoms. The van der Waals surface area contributed by atoms with E-state index in [2.05, 4.69) is 15.2 Å². The molecule has 2 aromatic heterocycles. The second-order valence-electron chi connectivity index (χ2n) is 4.09. The summed E-state index contributed by atoms with van der Waals surface area (Å²) in [4.78, 5) is 4.44. The van der Waals surface area contributed by atoms with Crippen molar-refractivity contribution >= 4 is 21.8 Å². The lowest BCUT2D eigenvalue weighted by molar-refractivity contribution is 0.398. The van der Waals surface area contributed by atoms with Gasteiger partial charge in [-0.25, -0.2) is 0 Å². The maximum absolute atomic E-state index is 5.41. The number of nitrogens with one attached hydrogen (secondary N) is 1. The number of nitrogens with zero attached hydrogens (tertiary/aromatic N) is 2. The van der Waals surface area contributed by atoms with Gasteiger partial charge in [0.25, 0.3) is 0 Å². The Morgan fingerprint density at radius 3 is 2.72 bits per heavy atom. The van der Waals surface area contributed by atoms with E-state index in [9.17, 15) is 0 Å². The highest BCUT2D eigenvalue weighted by molar-refractivity contribution is 6.07. The molecule has 0 aliphatic carbocycles. The van der Waals surface area contributed by atoms with Gasteiger partial charge in [0, 0.05) is 29.4 Å². The number of rotatable bonds is 2. The van der Waals surface area contributed by atoms with E-state index in [1.807, 2.05) is 25.3 Å². The first-order valence-corrected chi connectivity index (χ1v) is 5.60. The molecule has 18 heavy (non-hydrogen) atoms. The van der Waals surface area contributed by atoms with E-state index in [4.69, 9.17) is 9.47 Å². The van der Waals surface area contributed by atoms with Crippen molar-refractivity contribution in [2.75, 3.05) is 14.2 Å². The molecule has 0 fully saturated rings. The average Bonchev–Trinajstić information content (AvgIpc) is 2.79. The normalized spacial score (nSPS) is 11.1. The largest absolute Gasteiger partial charge is 0.497 e. The van der Waals surface area contributed by atoms with Gasteiger partial charge in [-0.3, -0.25) is 10.1 Å². The number of fused-ring (bicyclic) bond motifs is 3. The number of aromatic nitrogens is 3. The van der Waals surface area contributed by atoms with Gasteiger partial charge >= 0.3 is 0 Å². The van der Waals surface area contributed by atoms with Crippen molar-refractivity contribution in [3.63, 3.8) is 0 Å². The number of aryl methyl sites for hydroxylation is 1. The predicted octanol–water partition coefficient (Wildman–Crippen LogP) is 2.44. The van der Waals surface area contributed by atoms with Crippen LogP contribution in [0.3, 0.4) is 0 Å². The molecule has 3 aromatic rings. The van der Waals surface area contributed by atoms with Crippen LogP contribution in [0.25, 0.3) is 21.8 Å². The van der Waals surface area contributed by atoms with Crippen LogP contribution in [0.1, 0.15) is 5.69 Å². The van der Waals surface area contributed by atoms with Crippen molar-refractivity contribution in [3.05, 3.63) is 24.0 Å². The fourth-order valence-corrected chi connectivity index (χ4v) is 2.12. The van der Waals surface area contributed by atoms with Crippen LogP contribution in [0.5, 0.6) is 11.5 Å². The molecule has 0 unspecified atom stereocenters. The Morgan fingerprint density at radius 2 is 2.00 bits per heavy atom. The molecule has 92 valence electrons. The Morgan fingerprint density at radius 1 is 1.17 bits per heavy atom. The highest BCUT2D eigenvalue weighted by atomic mass is 16.5. The topological polar surface area (TPSA) is 60.0 Å². The van der Waals surface area contributed by atoms with E-state index >= 15 is 0 Å². The minimum atomic E-state index is 0.717. The van der Waals surface area contributed by atoms with Crippen molar-refractivity contribution in [2.45, 2.75) is 6.92 Å². The molecule has 0 saturated heterocycles. The molecule has 0 amide bonds. The highest BCUT2D eigenvalue weighted by Gasteiger charge is 2.13. The van der Waals surface area contributed by atoms with Crippen LogP contribution in [0.4, 0.5) is 0 Å². The predicted molar refractivity (Wildman–Crippen MR) is 69.2 cm³/mol. The highest BCUT2D eigenvalue weighted by Crippen LogP contribution is 2.34. The zero-order chi connectivity index (χ0) is 12.7. The lowest BCUT2D eigenvalue weighted by Crippen LogP contribution is -1.91. The molecule has 0 bridgehead atoms. The van der Waals surface area contributed by atoms with Crippen molar-refractivity contribution in [1.82, 2.24) is 15.2 Å². The third-order valence-electron chi connectivity index (χ3n) is 3.07. The Bertz CT molecular complexity index is 734. The zero-order valence-electron chi connectivity index (χ0n) is 10.4. The van der Waals surface area contributed by atoms with Gasteiger partial charge in [0.15, 0.2) is 0 Å². The molecule has 2 heterocycles. The van der Waals surface area contributed by atoms with E-state index in [0.29, 0.717) is 5.75 Å². The zero-order valence-corrected chi connectivity index (χ0v) is 10.4. The minimum Gasteiger partial charge on any atom is -0.497 e. The smallest absolute Gasteiger partial charge is 0.134 e. The molecule has 0 atom stereocenters. The first-order chi connectivity index (χ1) is 8.74. The van der Waals surface area contributed by atoms with E-state index in [1.165, 1.54) is 0 Å². The summed E-state index contributed by atoms with van der Waals surface area (Å²) in [5.41, 5.74) is 2.68. The molecule has 0 aliphatic rings. The molecule has 0 radical (unpaired) electrons. The van der Waals surface area contributed by atoms with Crippen LogP contribution in [0, 0.1) is 6.92 Å². The van der Waals surface area contributed by atoms with Crippen LogP contribution < -0.4 is 9.47 Å². The lowest BCUT2D eigenvalue weighted by Gasteiger charge is -2.08. The fraction of sp³-hybridized carbons (Fsp3) is 0.231. The summed E-state index contributed by atoms with van der Waals surface area (Å²) >= 11 is 0. The molecule has 0 aliphatic heterocycles. The monoisotopic (exact) mass is 243 g/mol. The van der Waals surface area contributed by atoms with Gasteiger partial charge in [-0.05, 0) is 6.92 Å². The maximum atomic E-state index is 5.41. The van der Waals surface area contributed by atoms with E-state index in [-0.39, 0.29) is 0 Å². The number of pyridine rings is 1. The summed E-state index contributed by atoms with van der Waals surface area (Å²) in [6.07, 6.45) is 1.81. The van der Waals surface area contributed by atoms with Gasteiger partial charge in [-0.1, -0.05) is 0 Å². The summed E-state index contributed by atoms with van der Waals surface area (Å²) in [5, 5.41) is 9.20. The molecular weight excluding hydrogens is 230 g/mol. The summed E-state index contributed by atoms with van der Waals surface area (Å²) < 4.78 is 10.6. The van der Waals surface area contributed by atoms with Crippen molar-refractivity contribution < 1.29 is 9.47 Å². The van der Waals surface area contributed by atoms with Gasteiger partial charge in [-0.2, -0.15) is 5.10 Å². The third-order valence-corrected chi connectivity index (χ3v) is 3.07. The van der Waals surface area contributed by atoms with Crippen molar-refractivity contribution in [2.24, 2.45) is 0 Å². The van der Waals surface area contributed by atoms with Gasteiger partial charge < -0.3 is 9.47 Å². The number of aromatic amines is 1. The van der Waals surface area contributed by atoms with Gasteiger partial charge in [0.05, 0.1) is 25.1 Å². The molecule has 3 rings (SSSR count). The summed E-state index contributed by atoms with van der Waals surface area (Å²) in [6.45, 7) is 1.97. The van der Waals surface area contributed by atoms with E-state index < -0.39 is 0 Å². The van der Waals surface area contributed by atoms with Crippen LogP contribution in [-0.2, 0) is 0 Å². The van der Waals surface area contributed by atoms with Crippen LogP contribution in [0.15, 0.2) is 18.3 Å². The first kappa shape index (κ1) is 10.8. The van der Waals surface area contributed by atoms with Crippen molar-refractivity contribution in [3.8, 4) is 11.5 Å².